The SMILES string of the molecule is Cc1ccc(-c2nc([C@H]3COCCN3C(=O)OC(C)(C)C)no2)cc1[N+](=O)[O-]. The van der Waals surface area contributed by atoms with Crippen molar-refractivity contribution >= 4 is 11.8 Å². The van der Waals surface area contributed by atoms with Gasteiger partial charge in [-0.1, -0.05) is 11.2 Å². The molecule has 1 fully saturated rings. The highest BCUT2D eigenvalue weighted by Gasteiger charge is 2.35. The van der Waals surface area contributed by atoms with Gasteiger partial charge in [0.05, 0.1) is 18.1 Å². The average molecular weight is 390 g/mol. The summed E-state index contributed by atoms with van der Waals surface area (Å²) in [7, 11) is 0. The van der Waals surface area contributed by atoms with Gasteiger partial charge in [0.15, 0.2) is 5.82 Å². The van der Waals surface area contributed by atoms with Gasteiger partial charge in [-0.05, 0) is 33.8 Å². The van der Waals surface area contributed by atoms with Gasteiger partial charge >= 0.3 is 6.09 Å². The first kappa shape index (κ1) is 19.7. The Hall–Kier alpha value is -3.01. The van der Waals surface area contributed by atoms with Gasteiger partial charge < -0.3 is 14.0 Å². The summed E-state index contributed by atoms with van der Waals surface area (Å²) in [4.78, 5) is 29.0. The van der Waals surface area contributed by atoms with Gasteiger partial charge in [0.2, 0.25) is 0 Å². The van der Waals surface area contributed by atoms with E-state index < -0.39 is 22.7 Å². The van der Waals surface area contributed by atoms with Crippen molar-refractivity contribution in [1.29, 1.82) is 0 Å². The van der Waals surface area contributed by atoms with Crippen LogP contribution >= 0.6 is 0 Å². The zero-order valence-electron chi connectivity index (χ0n) is 16.2. The molecule has 0 saturated carbocycles. The van der Waals surface area contributed by atoms with Crippen molar-refractivity contribution in [2.24, 2.45) is 0 Å². The molecule has 28 heavy (non-hydrogen) atoms. The average Bonchev–Trinajstić information content (AvgIpc) is 3.10. The van der Waals surface area contributed by atoms with E-state index in [9.17, 15) is 14.9 Å². The van der Waals surface area contributed by atoms with Crippen LogP contribution in [-0.2, 0) is 9.47 Å². The Morgan fingerprint density at radius 2 is 2.14 bits per heavy atom. The summed E-state index contributed by atoms with van der Waals surface area (Å²) in [6.45, 7) is 7.93. The van der Waals surface area contributed by atoms with Crippen LogP contribution in [0.4, 0.5) is 10.5 Å². The van der Waals surface area contributed by atoms with Gasteiger partial charge in [0, 0.05) is 23.7 Å². The third-order valence-electron chi connectivity index (χ3n) is 4.15. The number of amides is 1. The molecule has 0 N–H and O–H groups in total. The maximum Gasteiger partial charge on any atom is 0.411 e. The van der Waals surface area contributed by atoms with Crippen LogP contribution < -0.4 is 0 Å². The van der Waals surface area contributed by atoms with Gasteiger partial charge in [-0.3, -0.25) is 15.0 Å². The Labute approximate surface area is 161 Å². The fraction of sp³-hybridized carbons (Fsp3) is 0.500. The predicted octanol–water partition coefficient (Wildman–Crippen LogP) is 3.26. The summed E-state index contributed by atoms with van der Waals surface area (Å²) in [5.41, 5.74) is 0.291. The summed E-state index contributed by atoms with van der Waals surface area (Å²) >= 11 is 0. The van der Waals surface area contributed by atoms with Crippen LogP contribution in [0.1, 0.15) is 38.2 Å². The Morgan fingerprint density at radius 3 is 2.82 bits per heavy atom. The van der Waals surface area contributed by atoms with E-state index in [0.29, 0.717) is 24.3 Å². The molecule has 10 nitrogen and oxygen atoms in total. The molecule has 2 heterocycles. The second-order valence-corrected chi connectivity index (χ2v) is 7.48. The molecule has 3 rings (SSSR count). The van der Waals surface area contributed by atoms with Gasteiger partial charge in [-0.25, -0.2) is 4.79 Å². The van der Waals surface area contributed by atoms with Crippen LogP contribution in [0.25, 0.3) is 11.5 Å². The van der Waals surface area contributed by atoms with E-state index in [2.05, 4.69) is 10.1 Å². The zero-order chi connectivity index (χ0) is 20.5. The molecule has 0 bridgehead atoms. The van der Waals surface area contributed by atoms with Crippen LogP contribution in [0, 0.1) is 17.0 Å². The van der Waals surface area contributed by atoms with Crippen LogP contribution in [-0.4, -0.2) is 51.4 Å². The summed E-state index contributed by atoms with van der Waals surface area (Å²) in [6, 6.07) is 4.10. The molecule has 1 saturated heterocycles. The van der Waals surface area contributed by atoms with Gasteiger partial charge in [-0.15, -0.1) is 0 Å². The Morgan fingerprint density at radius 1 is 1.39 bits per heavy atom. The third kappa shape index (κ3) is 4.28. The maximum atomic E-state index is 12.5. The molecule has 0 spiro atoms. The highest BCUT2D eigenvalue weighted by atomic mass is 16.6. The lowest BCUT2D eigenvalue weighted by molar-refractivity contribution is -0.385. The number of ether oxygens (including phenoxy) is 2. The van der Waals surface area contributed by atoms with E-state index in [1.54, 1.807) is 39.8 Å². The first-order valence-corrected chi connectivity index (χ1v) is 8.82. The summed E-state index contributed by atoms with van der Waals surface area (Å²) in [6.07, 6.45) is -0.488. The molecule has 1 atom stereocenters. The Kier molecular flexibility index (Phi) is 5.32. The molecule has 1 aromatic heterocycles. The number of carbonyl (C=O) groups is 1. The molecule has 1 amide bonds. The highest BCUT2D eigenvalue weighted by molar-refractivity contribution is 5.69. The standard InChI is InChI=1S/C18H22N4O6/c1-11-5-6-12(9-13(11)22(24)25)16-19-15(20-28-16)14-10-26-8-7-21(14)17(23)27-18(2,3)4/h5-6,9,14H,7-8,10H2,1-4H3/t14-/m1/s1. The van der Waals surface area contributed by atoms with Crippen molar-refractivity contribution < 1.29 is 23.7 Å². The number of benzene rings is 1. The molecule has 2 aromatic rings. The van der Waals surface area contributed by atoms with E-state index in [4.69, 9.17) is 14.0 Å². The van der Waals surface area contributed by atoms with Crippen molar-refractivity contribution in [2.75, 3.05) is 19.8 Å². The highest BCUT2D eigenvalue weighted by Crippen LogP contribution is 2.29. The van der Waals surface area contributed by atoms with E-state index in [0.717, 1.165) is 0 Å². The van der Waals surface area contributed by atoms with Crippen LogP contribution in [0.15, 0.2) is 22.7 Å². The fourth-order valence-electron chi connectivity index (χ4n) is 2.78. The second kappa shape index (κ2) is 7.55. The van der Waals surface area contributed by atoms with Crippen LogP contribution in [0.3, 0.4) is 0 Å². The quantitative estimate of drug-likeness (QED) is 0.578. The number of aromatic nitrogens is 2. The minimum atomic E-state index is -0.636. The minimum Gasteiger partial charge on any atom is -0.444 e. The summed E-state index contributed by atoms with van der Waals surface area (Å²) in [5.74, 6) is 0.386. The monoisotopic (exact) mass is 390 g/mol. The lowest BCUT2D eigenvalue weighted by Crippen LogP contribution is -2.46. The number of nitrogens with zero attached hydrogens (tertiary/aromatic N) is 4. The molecule has 1 aliphatic rings. The molecule has 1 aliphatic heterocycles. The number of nitro groups is 1. The minimum absolute atomic E-state index is 0.0337. The van der Waals surface area contributed by atoms with Crippen molar-refractivity contribution in [2.45, 2.75) is 39.3 Å². The number of carbonyl (C=O) groups excluding carboxylic acids is 1. The second-order valence-electron chi connectivity index (χ2n) is 7.48. The van der Waals surface area contributed by atoms with Gasteiger partial charge in [0.25, 0.3) is 11.6 Å². The number of rotatable bonds is 3. The lowest BCUT2D eigenvalue weighted by atomic mass is 10.1. The van der Waals surface area contributed by atoms with E-state index in [1.165, 1.54) is 11.0 Å². The first-order valence-electron chi connectivity index (χ1n) is 8.82. The van der Waals surface area contributed by atoms with Crippen molar-refractivity contribution in [3.8, 4) is 11.5 Å². The third-order valence-corrected chi connectivity index (χ3v) is 4.15. The molecule has 0 radical (unpaired) electrons. The van der Waals surface area contributed by atoms with Crippen molar-refractivity contribution in [3.63, 3.8) is 0 Å². The van der Waals surface area contributed by atoms with Crippen molar-refractivity contribution in [3.05, 3.63) is 39.7 Å². The number of aryl methyl sites for hydroxylation is 1. The van der Waals surface area contributed by atoms with Crippen LogP contribution in [0.2, 0.25) is 0 Å². The fourth-order valence-corrected chi connectivity index (χ4v) is 2.78. The topological polar surface area (TPSA) is 121 Å². The molecule has 10 heteroatoms. The predicted molar refractivity (Wildman–Crippen MR) is 97.6 cm³/mol. The van der Waals surface area contributed by atoms with E-state index in [1.807, 2.05) is 0 Å². The van der Waals surface area contributed by atoms with E-state index in [-0.39, 0.29) is 24.0 Å². The Balaban J connectivity index is 1.86. The molecular formula is C18H22N4O6. The van der Waals surface area contributed by atoms with Gasteiger partial charge in [-0.2, -0.15) is 4.98 Å². The summed E-state index contributed by atoms with van der Waals surface area (Å²) in [5, 5.41) is 15.1. The summed E-state index contributed by atoms with van der Waals surface area (Å²) < 4.78 is 16.2. The van der Waals surface area contributed by atoms with Gasteiger partial charge in [0.1, 0.15) is 11.6 Å². The zero-order valence-corrected chi connectivity index (χ0v) is 16.2. The molecule has 1 aromatic carbocycles. The number of hydrogen-bond donors (Lipinski definition) is 0. The number of hydrogen-bond acceptors (Lipinski definition) is 8. The number of morpholine rings is 1. The first-order chi connectivity index (χ1) is 13.2. The smallest absolute Gasteiger partial charge is 0.411 e. The molecule has 0 aliphatic carbocycles. The largest absolute Gasteiger partial charge is 0.444 e. The van der Waals surface area contributed by atoms with E-state index >= 15 is 0 Å². The molecule has 0 unspecified atom stereocenters. The van der Waals surface area contributed by atoms with Crippen molar-refractivity contribution in [1.82, 2.24) is 15.0 Å². The van der Waals surface area contributed by atoms with Crippen LogP contribution in [0.5, 0.6) is 0 Å². The molecular weight excluding hydrogens is 368 g/mol. The molecule has 150 valence electrons. The number of nitro benzene ring substituents is 1. The maximum absolute atomic E-state index is 12.5. The normalized spacial score (nSPS) is 17.4. The lowest BCUT2D eigenvalue weighted by Gasteiger charge is -2.34. The Bertz CT molecular complexity index is 888.